The lowest BCUT2D eigenvalue weighted by Crippen LogP contribution is -2.27. The molecule has 0 bridgehead atoms. The Kier molecular flexibility index (Phi) is 6.61. The van der Waals surface area contributed by atoms with Gasteiger partial charge in [0, 0.05) is 17.7 Å². The quantitative estimate of drug-likeness (QED) is 0.716. The Balaban J connectivity index is 2.03. The van der Waals surface area contributed by atoms with Crippen LogP contribution in [0.2, 0.25) is 0 Å². The van der Waals surface area contributed by atoms with Crippen LogP contribution in [0.5, 0.6) is 0 Å². The lowest BCUT2D eigenvalue weighted by molar-refractivity contribution is -0.183. The Bertz CT molecular complexity index is 773. The van der Waals surface area contributed by atoms with E-state index in [0.717, 1.165) is 0 Å². The number of aromatic nitrogens is 1. The fourth-order valence-corrected chi connectivity index (χ4v) is 2.96. The lowest BCUT2D eigenvalue weighted by atomic mass is 9.81. The summed E-state index contributed by atoms with van der Waals surface area (Å²) in [6.07, 6.45) is 1.93. The van der Waals surface area contributed by atoms with Crippen molar-refractivity contribution >= 4 is 17.7 Å². The molecule has 0 saturated heterocycles. The molecule has 1 saturated carbocycles. The third-order valence-electron chi connectivity index (χ3n) is 4.61. The molecule has 0 aromatic carbocycles. The molecule has 1 aliphatic rings. The van der Waals surface area contributed by atoms with Crippen LogP contribution in [-0.4, -0.2) is 28.8 Å². The van der Waals surface area contributed by atoms with Crippen LogP contribution in [0.25, 0.3) is 6.08 Å². The summed E-state index contributed by atoms with van der Waals surface area (Å²) in [5, 5.41) is 20.9. The zero-order chi connectivity index (χ0) is 20.0. The first-order valence-electron chi connectivity index (χ1n) is 8.50. The van der Waals surface area contributed by atoms with Gasteiger partial charge in [0.15, 0.2) is 0 Å². The Morgan fingerprint density at radius 3 is 2.63 bits per heavy atom. The van der Waals surface area contributed by atoms with Crippen LogP contribution in [-0.2, 0) is 4.79 Å². The topological polar surface area (TPSA) is 86.0 Å². The van der Waals surface area contributed by atoms with Gasteiger partial charge in [-0.3, -0.25) is 0 Å². The number of alkyl halides is 3. The molecular formula is C19H20F3N3O2. The Hall–Kier alpha value is -2.82. The number of anilines is 1. The molecule has 2 N–H and O–H groups in total. The molecule has 0 amide bonds. The van der Waals surface area contributed by atoms with Crippen molar-refractivity contribution in [2.45, 2.75) is 31.9 Å². The van der Waals surface area contributed by atoms with E-state index in [2.05, 4.69) is 16.9 Å². The van der Waals surface area contributed by atoms with Gasteiger partial charge in [0.25, 0.3) is 0 Å². The van der Waals surface area contributed by atoms with Crippen molar-refractivity contribution in [3.63, 3.8) is 0 Å². The van der Waals surface area contributed by atoms with Gasteiger partial charge < -0.3 is 10.4 Å². The van der Waals surface area contributed by atoms with Crippen molar-refractivity contribution in [2.24, 2.45) is 11.8 Å². The summed E-state index contributed by atoms with van der Waals surface area (Å²) in [6.45, 7) is 3.44. The molecule has 0 radical (unpaired) electrons. The molecule has 27 heavy (non-hydrogen) atoms. The van der Waals surface area contributed by atoms with Crippen molar-refractivity contribution in [2.75, 3.05) is 11.9 Å². The second kappa shape index (κ2) is 8.71. The van der Waals surface area contributed by atoms with Crippen molar-refractivity contribution in [3.05, 3.63) is 41.7 Å². The largest absolute Gasteiger partial charge is 0.478 e. The van der Waals surface area contributed by atoms with Gasteiger partial charge in [0.2, 0.25) is 0 Å². The van der Waals surface area contributed by atoms with Crippen LogP contribution in [0.15, 0.2) is 30.5 Å². The van der Waals surface area contributed by atoms with Gasteiger partial charge in [-0.15, -0.1) is 0 Å². The number of aliphatic carboxylic acids is 1. The molecule has 2 rings (SSSR count). The summed E-state index contributed by atoms with van der Waals surface area (Å²) in [6, 6.07) is 3.62. The number of carboxylic acids is 1. The van der Waals surface area contributed by atoms with Crippen LogP contribution in [0, 0.1) is 23.2 Å². The van der Waals surface area contributed by atoms with E-state index < -0.39 is 18.1 Å². The van der Waals surface area contributed by atoms with Crippen LogP contribution in [0.1, 0.15) is 36.9 Å². The smallest absolute Gasteiger partial charge is 0.391 e. The van der Waals surface area contributed by atoms with E-state index in [4.69, 9.17) is 5.11 Å². The molecule has 1 heterocycles. The second-order valence-electron chi connectivity index (χ2n) is 6.55. The van der Waals surface area contributed by atoms with Gasteiger partial charge in [-0.05, 0) is 37.7 Å². The second-order valence-corrected chi connectivity index (χ2v) is 6.55. The minimum absolute atomic E-state index is 0.0159. The fourth-order valence-electron chi connectivity index (χ4n) is 2.96. The summed E-state index contributed by atoms with van der Waals surface area (Å²) in [4.78, 5) is 14.8. The van der Waals surface area contributed by atoms with E-state index in [1.165, 1.54) is 6.20 Å². The average molecular weight is 379 g/mol. The minimum atomic E-state index is -4.13. The molecule has 0 atom stereocenters. The van der Waals surface area contributed by atoms with E-state index in [1.54, 1.807) is 12.1 Å². The van der Waals surface area contributed by atoms with E-state index in [1.807, 2.05) is 12.1 Å². The minimum Gasteiger partial charge on any atom is -0.478 e. The summed E-state index contributed by atoms with van der Waals surface area (Å²) < 4.78 is 38.2. The van der Waals surface area contributed by atoms with E-state index >= 15 is 0 Å². The first kappa shape index (κ1) is 20.5. The van der Waals surface area contributed by atoms with Crippen molar-refractivity contribution in [1.29, 1.82) is 5.26 Å². The number of pyridine rings is 1. The highest BCUT2D eigenvalue weighted by Crippen LogP contribution is 2.40. The molecule has 1 aliphatic carbocycles. The van der Waals surface area contributed by atoms with Gasteiger partial charge in [-0.2, -0.15) is 18.4 Å². The van der Waals surface area contributed by atoms with Gasteiger partial charge in [0.05, 0.1) is 17.8 Å². The van der Waals surface area contributed by atoms with Crippen LogP contribution < -0.4 is 5.32 Å². The number of carbonyl (C=O) groups is 1. The summed E-state index contributed by atoms with van der Waals surface area (Å²) >= 11 is 0. The molecule has 0 spiro atoms. The molecular weight excluding hydrogens is 359 g/mol. The summed E-state index contributed by atoms with van der Waals surface area (Å²) in [5.74, 6) is -2.31. The van der Waals surface area contributed by atoms with Crippen LogP contribution in [0.3, 0.4) is 0 Å². The number of rotatable bonds is 6. The highest BCUT2D eigenvalue weighted by Gasteiger charge is 2.40. The molecule has 8 heteroatoms. The molecule has 0 aliphatic heterocycles. The number of nitriles is 1. The van der Waals surface area contributed by atoms with Crippen molar-refractivity contribution < 1.29 is 23.1 Å². The number of hydrogen-bond donors (Lipinski definition) is 2. The molecule has 1 aromatic rings. The van der Waals surface area contributed by atoms with E-state index in [-0.39, 0.29) is 36.6 Å². The number of nitrogens with zero attached hydrogens (tertiary/aromatic N) is 2. The highest BCUT2D eigenvalue weighted by atomic mass is 19.4. The van der Waals surface area contributed by atoms with Gasteiger partial charge >= 0.3 is 12.1 Å². The zero-order valence-corrected chi connectivity index (χ0v) is 14.6. The maximum Gasteiger partial charge on any atom is 0.391 e. The number of carboxylic acid groups (broad SMARTS) is 1. The molecule has 1 aromatic heterocycles. The predicted octanol–water partition coefficient (Wildman–Crippen LogP) is 4.39. The van der Waals surface area contributed by atoms with Gasteiger partial charge in [-0.1, -0.05) is 18.7 Å². The standard InChI is InChI=1S/C19H20F3N3O2/c1-12(18(26)27)10-24-16-8-14(17(9-23)25-11-16)5-2-13-3-6-15(7-4-13)19(20,21)22/h2,5,8,11,13,15,24H,1,3-4,6-7,10H2,(H,26,27)/b5-2+/t13-,15-. The van der Waals surface area contributed by atoms with Gasteiger partial charge in [0.1, 0.15) is 11.8 Å². The maximum atomic E-state index is 12.7. The molecule has 0 unspecified atom stereocenters. The third-order valence-corrected chi connectivity index (χ3v) is 4.61. The Morgan fingerprint density at radius 1 is 1.41 bits per heavy atom. The number of allylic oxidation sites excluding steroid dienone is 1. The predicted molar refractivity (Wildman–Crippen MR) is 94.8 cm³/mol. The molecule has 1 fully saturated rings. The maximum absolute atomic E-state index is 12.7. The summed E-state index contributed by atoms with van der Waals surface area (Å²) in [7, 11) is 0. The monoisotopic (exact) mass is 379 g/mol. The lowest BCUT2D eigenvalue weighted by Gasteiger charge is -2.28. The first-order valence-corrected chi connectivity index (χ1v) is 8.50. The van der Waals surface area contributed by atoms with Crippen LogP contribution >= 0.6 is 0 Å². The fraction of sp³-hybridized carbons (Fsp3) is 0.421. The Morgan fingerprint density at radius 2 is 2.07 bits per heavy atom. The van der Waals surface area contributed by atoms with E-state index in [0.29, 0.717) is 24.1 Å². The van der Waals surface area contributed by atoms with E-state index in [9.17, 15) is 23.2 Å². The Labute approximate surface area is 155 Å². The number of hydrogen-bond acceptors (Lipinski definition) is 4. The number of nitrogens with one attached hydrogen (secondary N) is 1. The van der Waals surface area contributed by atoms with Crippen molar-refractivity contribution in [1.82, 2.24) is 4.98 Å². The van der Waals surface area contributed by atoms with Crippen molar-refractivity contribution in [3.8, 4) is 6.07 Å². The normalized spacial score (nSPS) is 20.2. The molecule has 5 nitrogen and oxygen atoms in total. The number of halogens is 3. The average Bonchev–Trinajstić information content (AvgIpc) is 2.63. The summed E-state index contributed by atoms with van der Waals surface area (Å²) in [5.41, 5.74) is 1.23. The zero-order valence-electron chi connectivity index (χ0n) is 14.6. The SMILES string of the molecule is C=C(CNc1cnc(C#N)c(/C=C/[C@H]2CC[C@H](C(F)(F)F)CC2)c1)C(=O)O. The van der Waals surface area contributed by atoms with Crippen LogP contribution in [0.4, 0.5) is 18.9 Å². The highest BCUT2D eigenvalue weighted by molar-refractivity contribution is 5.86. The molecule has 144 valence electrons. The third kappa shape index (κ3) is 5.84. The van der Waals surface area contributed by atoms with Gasteiger partial charge in [-0.25, -0.2) is 9.78 Å². The first-order chi connectivity index (χ1) is 12.7.